The summed E-state index contributed by atoms with van der Waals surface area (Å²) in [5.41, 5.74) is -0.0120. The molecule has 1 aromatic carbocycles. The standard InChI is InChI=1S/C11H13NO/c1-11(13,8-5-9-12)10-6-3-2-4-7-10/h2-4,6-7,13H,5,8H2,1H3. The third kappa shape index (κ3) is 2.57. The van der Waals surface area contributed by atoms with E-state index in [0.29, 0.717) is 12.8 Å². The van der Waals surface area contributed by atoms with E-state index in [0.717, 1.165) is 5.56 Å². The van der Waals surface area contributed by atoms with E-state index in [-0.39, 0.29) is 0 Å². The highest BCUT2D eigenvalue weighted by atomic mass is 16.3. The summed E-state index contributed by atoms with van der Waals surface area (Å²) in [5, 5.41) is 18.4. The molecular weight excluding hydrogens is 162 g/mol. The summed E-state index contributed by atoms with van der Waals surface area (Å²) in [4.78, 5) is 0. The van der Waals surface area contributed by atoms with E-state index in [1.54, 1.807) is 6.92 Å². The Morgan fingerprint density at radius 2 is 2.00 bits per heavy atom. The van der Waals surface area contributed by atoms with Crippen LogP contribution in [0, 0.1) is 11.3 Å². The van der Waals surface area contributed by atoms with Crippen molar-refractivity contribution in [2.45, 2.75) is 25.4 Å². The largest absolute Gasteiger partial charge is 0.385 e. The molecule has 1 aromatic rings. The second-order valence-electron chi connectivity index (χ2n) is 3.30. The van der Waals surface area contributed by atoms with Crippen molar-refractivity contribution in [3.05, 3.63) is 35.9 Å². The van der Waals surface area contributed by atoms with E-state index < -0.39 is 5.60 Å². The van der Waals surface area contributed by atoms with Gasteiger partial charge in [0, 0.05) is 6.42 Å². The second kappa shape index (κ2) is 4.06. The van der Waals surface area contributed by atoms with Gasteiger partial charge < -0.3 is 5.11 Å². The van der Waals surface area contributed by atoms with Crippen LogP contribution in [0.1, 0.15) is 25.3 Å². The Bertz CT molecular complexity index is 298. The highest BCUT2D eigenvalue weighted by molar-refractivity contribution is 5.21. The highest BCUT2D eigenvalue weighted by Gasteiger charge is 2.21. The van der Waals surface area contributed by atoms with E-state index in [4.69, 9.17) is 5.26 Å². The third-order valence-electron chi connectivity index (χ3n) is 2.12. The molecule has 0 heterocycles. The van der Waals surface area contributed by atoms with Crippen LogP contribution >= 0.6 is 0 Å². The summed E-state index contributed by atoms with van der Waals surface area (Å²) in [6.07, 6.45) is 0.857. The van der Waals surface area contributed by atoms with Gasteiger partial charge >= 0.3 is 0 Å². The molecule has 0 aromatic heterocycles. The maximum Gasteiger partial charge on any atom is 0.0878 e. The van der Waals surface area contributed by atoms with Gasteiger partial charge in [-0.25, -0.2) is 0 Å². The van der Waals surface area contributed by atoms with Crippen LogP contribution < -0.4 is 0 Å². The minimum absolute atomic E-state index is 0.377. The summed E-state index contributed by atoms with van der Waals surface area (Å²) >= 11 is 0. The van der Waals surface area contributed by atoms with E-state index in [9.17, 15) is 5.11 Å². The van der Waals surface area contributed by atoms with Crippen LogP contribution in [-0.2, 0) is 5.60 Å². The van der Waals surface area contributed by atoms with Gasteiger partial charge in [-0.2, -0.15) is 5.26 Å². The molecule has 2 nitrogen and oxygen atoms in total. The van der Waals surface area contributed by atoms with Crippen LogP contribution in [0.2, 0.25) is 0 Å². The van der Waals surface area contributed by atoms with Crippen molar-refractivity contribution in [2.75, 3.05) is 0 Å². The van der Waals surface area contributed by atoms with Crippen molar-refractivity contribution in [2.24, 2.45) is 0 Å². The molecule has 1 atom stereocenters. The van der Waals surface area contributed by atoms with Gasteiger partial charge in [0.1, 0.15) is 0 Å². The van der Waals surface area contributed by atoms with E-state index in [1.807, 2.05) is 36.4 Å². The monoisotopic (exact) mass is 175 g/mol. The number of nitriles is 1. The Morgan fingerprint density at radius 3 is 2.54 bits per heavy atom. The van der Waals surface area contributed by atoms with Gasteiger partial charge in [0.15, 0.2) is 0 Å². The fourth-order valence-corrected chi connectivity index (χ4v) is 1.24. The number of nitrogens with zero attached hydrogens (tertiary/aromatic N) is 1. The van der Waals surface area contributed by atoms with Gasteiger partial charge in [0.25, 0.3) is 0 Å². The molecular formula is C11H13NO. The maximum atomic E-state index is 9.97. The van der Waals surface area contributed by atoms with Crippen LogP contribution in [0.25, 0.3) is 0 Å². The van der Waals surface area contributed by atoms with Crippen molar-refractivity contribution >= 4 is 0 Å². The molecule has 0 bridgehead atoms. The lowest BCUT2D eigenvalue weighted by molar-refractivity contribution is 0.0492. The molecule has 0 saturated heterocycles. The minimum atomic E-state index is -0.878. The Morgan fingerprint density at radius 1 is 1.38 bits per heavy atom. The maximum absolute atomic E-state index is 9.97. The predicted molar refractivity (Wildman–Crippen MR) is 50.9 cm³/mol. The average Bonchev–Trinajstić information content (AvgIpc) is 2.16. The first-order valence-electron chi connectivity index (χ1n) is 4.32. The average molecular weight is 175 g/mol. The lowest BCUT2D eigenvalue weighted by Crippen LogP contribution is -2.20. The van der Waals surface area contributed by atoms with Crippen molar-refractivity contribution in [3.63, 3.8) is 0 Å². The number of benzene rings is 1. The first kappa shape index (κ1) is 9.76. The lowest BCUT2D eigenvalue weighted by atomic mass is 9.91. The Kier molecular flexibility index (Phi) is 3.05. The van der Waals surface area contributed by atoms with Crippen LogP contribution in [0.15, 0.2) is 30.3 Å². The third-order valence-corrected chi connectivity index (χ3v) is 2.12. The van der Waals surface area contributed by atoms with Crippen LogP contribution in [0.3, 0.4) is 0 Å². The summed E-state index contributed by atoms with van der Waals surface area (Å²) in [6.45, 7) is 1.74. The lowest BCUT2D eigenvalue weighted by Gasteiger charge is -2.22. The number of hydrogen-bond acceptors (Lipinski definition) is 2. The van der Waals surface area contributed by atoms with Crippen molar-refractivity contribution < 1.29 is 5.11 Å². The van der Waals surface area contributed by atoms with Crippen molar-refractivity contribution in [1.82, 2.24) is 0 Å². The Balaban J connectivity index is 2.76. The molecule has 1 unspecified atom stereocenters. The molecule has 0 spiro atoms. The van der Waals surface area contributed by atoms with Gasteiger partial charge in [0.05, 0.1) is 11.7 Å². The number of aliphatic hydroxyl groups is 1. The topological polar surface area (TPSA) is 44.0 Å². The molecule has 1 rings (SSSR count). The predicted octanol–water partition coefficient (Wildman–Crippen LogP) is 2.20. The smallest absolute Gasteiger partial charge is 0.0878 e. The summed E-state index contributed by atoms with van der Waals surface area (Å²) < 4.78 is 0. The van der Waals surface area contributed by atoms with Crippen LogP contribution in [0.5, 0.6) is 0 Å². The first-order chi connectivity index (χ1) is 6.17. The fourth-order valence-electron chi connectivity index (χ4n) is 1.24. The molecule has 2 heteroatoms. The summed E-state index contributed by atoms with van der Waals surface area (Å²) in [6, 6.07) is 11.5. The number of hydrogen-bond donors (Lipinski definition) is 1. The van der Waals surface area contributed by atoms with E-state index in [2.05, 4.69) is 0 Å². The molecule has 0 aliphatic rings. The van der Waals surface area contributed by atoms with E-state index in [1.165, 1.54) is 0 Å². The van der Waals surface area contributed by atoms with Crippen molar-refractivity contribution in [1.29, 1.82) is 5.26 Å². The molecule has 1 N–H and O–H groups in total. The second-order valence-corrected chi connectivity index (χ2v) is 3.30. The van der Waals surface area contributed by atoms with Gasteiger partial charge in [-0.3, -0.25) is 0 Å². The zero-order valence-corrected chi connectivity index (χ0v) is 7.70. The Hall–Kier alpha value is -1.33. The number of rotatable bonds is 3. The van der Waals surface area contributed by atoms with Gasteiger partial charge in [-0.15, -0.1) is 0 Å². The summed E-state index contributed by atoms with van der Waals surface area (Å²) in [7, 11) is 0. The molecule has 0 aliphatic heterocycles. The van der Waals surface area contributed by atoms with Crippen LogP contribution in [0.4, 0.5) is 0 Å². The summed E-state index contributed by atoms with van der Waals surface area (Å²) in [5.74, 6) is 0. The molecule has 13 heavy (non-hydrogen) atoms. The molecule has 0 saturated carbocycles. The molecule has 68 valence electrons. The van der Waals surface area contributed by atoms with Gasteiger partial charge in [-0.05, 0) is 18.9 Å². The van der Waals surface area contributed by atoms with Gasteiger partial charge in [-0.1, -0.05) is 30.3 Å². The molecule has 0 aliphatic carbocycles. The fraction of sp³-hybridized carbons (Fsp3) is 0.364. The quantitative estimate of drug-likeness (QED) is 0.765. The first-order valence-corrected chi connectivity index (χ1v) is 4.32. The van der Waals surface area contributed by atoms with Crippen LogP contribution in [-0.4, -0.2) is 5.11 Å². The molecule has 0 radical (unpaired) electrons. The molecule has 0 amide bonds. The Labute approximate surface area is 78.4 Å². The van der Waals surface area contributed by atoms with Crippen molar-refractivity contribution in [3.8, 4) is 6.07 Å². The SMILES string of the molecule is CC(O)(CCC#N)c1ccccc1. The zero-order valence-electron chi connectivity index (χ0n) is 7.70. The molecule has 0 fully saturated rings. The highest BCUT2D eigenvalue weighted by Crippen LogP contribution is 2.24. The minimum Gasteiger partial charge on any atom is -0.385 e. The van der Waals surface area contributed by atoms with Gasteiger partial charge in [0.2, 0.25) is 0 Å². The zero-order chi connectivity index (χ0) is 9.73. The van der Waals surface area contributed by atoms with E-state index >= 15 is 0 Å². The normalized spacial score (nSPS) is 14.5.